The van der Waals surface area contributed by atoms with Gasteiger partial charge in [-0.25, -0.2) is 9.97 Å². The van der Waals surface area contributed by atoms with Gasteiger partial charge >= 0.3 is 0 Å². The zero-order chi connectivity index (χ0) is 12.5. The number of rotatable bonds is 8. The average Bonchev–Trinajstić information content (AvgIpc) is 2.29. The molecule has 0 aliphatic carbocycles. The van der Waals surface area contributed by atoms with E-state index in [0.717, 1.165) is 18.8 Å². The van der Waals surface area contributed by atoms with Crippen LogP contribution in [0.15, 0.2) is 12.3 Å². The molecule has 5 nitrogen and oxygen atoms in total. The molecular formula is C12H22N4O. The third-order valence-corrected chi connectivity index (χ3v) is 2.59. The van der Waals surface area contributed by atoms with Crippen molar-refractivity contribution in [1.29, 1.82) is 0 Å². The SMILES string of the molecule is CCCCCN(CCO)Cc1nccc(N)n1. The number of nitrogens with two attached hydrogens (primary N) is 1. The van der Waals surface area contributed by atoms with Gasteiger partial charge < -0.3 is 10.8 Å². The van der Waals surface area contributed by atoms with Gasteiger partial charge in [0.2, 0.25) is 0 Å². The molecule has 0 amide bonds. The lowest BCUT2D eigenvalue weighted by Gasteiger charge is -2.20. The Morgan fingerprint density at radius 3 is 2.82 bits per heavy atom. The van der Waals surface area contributed by atoms with E-state index in [1.165, 1.54) is 12.8 Å². The number of hydrogen-bond donors (Lipinski definition) is 2. The lowest BCUT2D eigenvalue weighted by Crippen LogP contribution is -2.28. The predicted molar refractivity (Wildman–Crippen MR) is 68.3 cm³/mol. The Labute approximate surface area is 103 Å². The third-order valence-electron chi connectivity index (χ3n) is 2.59. The molecule has 0 atom stereocenters. The molecule has 0 aliphatic rings. The topological polar surface area (TPSA) is 75.3 Å². The molecule has 1 aromatic rings. The second kappa shape index (κ2) is 7.97. The van der Waals surface area contributed by atoms with Crippen molar-refractivity contribution in [2.75, 3.05) is 25.4 Å². The fraction of sp³-hybridized carbons (Fsp3) is 0.667. The number of anilines is 1. The summed E-state index contributed by atoms with van der Waals surface area (Å²) in [4.78, 5) is 10.5. The van der Waals surface area contributed by atoms with Crippen molar-refractivity contribution in [1.82, 2.24) is 14.9 Å². The predicted octanol–water partition coefficient (Wildman–Crippen LogP) is 1.04. The number of hydrogen-bond acceptors (Lipinski definition) is 5. The van der Waals surface area contributed by atoms with E-state index in [0.29, 0.717) is 18.9 Å². The maximum atomic E-state index is 9.02. The normalized spacial score (nSPS) is 11.0. The minimum absolute atomic E-state index is 0.161. The van der Waals surface area contributed by atoms with E-state index < -0.39 is 0 Å². The summed E-state index contributed by atoms with van der Waals surface area (Å²) in [7, 11) is 0. The largest absolute Gasteiger partial charge is 0.395 e. The Hall–Kier alpha value is -1.20. The average molecular weight is 238 g/mol. The standard InChI is InChI=1S/C12H22N4O/c1-2-3-4-7-16(8-9-17)10-12-14-6-5-11(13)15-12/h5-6,17H,2-4,7-10H2,1H3,(H2,13,14,15). The highest BCUT2D eigenvalue weighted by Crippen LogP contribution is 2.04. The molecule has 0 unspecified atom stereocenters. The summed E-state index contributed by atoms with van der Waals surface area (Å²) in [5.74, 6) is 1.21. The number of nitrogens with zero attached hydrogens (tertiary/aromatic N) is 3. The number of nitrogen functional groups attached to an aromatic ring is 1. The van der Waals surface area contributed by atoms with Crippen molar-refractivity contribution < 1.29 is 5.11 Å². The van der Waals surface area contributed by atoms with Crippen molar-refractivity contribution in [2.45, 2.75) is 32.7 Å². The quantitative estimate of drug-likeness (QED) is 0.662. The number of aliphatic hydroxyl groups is 1. The van der Waals surface area contributed by atoms with Gasteiger partial charge in [-0.3, -0.25) is 4.90 Å². The molecule has 1 rings (SSSR count). The molecule has 17 heavy (non-hydrogen) atoms. The Balaban J connectivity index is 2.47. The van der Waals surface area contributed by atoms with Crippen LogP contribution in [0.25, 0.3) is 0 Å². The number of unbranched alkanes of at least 4 members (excludes halogenated alkanes) is 2. The first-order valence-corrected chi connectivity index (χ1v) is 6.17. The fourth-order valence-corrected chi connectivity index (χ4v) is 1.69. The second-order valence-electron chi connectivity index (χ2n) is 4.10. The van der Waals surface area contributed by atoms with Gasteiger partial charge in [0.1, 0.15) is 11.6 Å². The molecule has 0 bridgehead atoms. The minimum Gasteiger partial charge on any atom is -0.395 e. The highest BCUT2D eigenvalue weighted by Gasteiger charge is 2.07. The zero-order valence-corrected chi connectivity index (χ0v) is 10.5. The van der Waals surface area contributed by atoms with E-state index in [1.54, 1.807) is 12.3 Å². The molecule has 0 aliphatic heterocycles. The smallest absolute Gasteiger partial charge is 0.144 e. The van der Waals surface area contributed by atoms with Crippen molar-refractivity contribution in [3.05, 3.63) is 18.1 Å². The van der Waals surface area contributed by atoms with Crippen molar-refractivity contribution in [2.24, 2.45) is 0 Å². The lowest BCUT2D eigenvalue weighted by molar-refractivity contribution is 0.184. The van der Waals surface area contributed by atoms with Crippen LogP contribution in [0.3, 0.4) is 0 Å². The Bertz CT molecular complexity index is 319. The maximum absolute atomic E-state index is 9.02. The van der Waals surface area contributed by atoms with Gasteiger partial charge in [-0.1, -0.05) is 19.8 Å². The van der Waals surface area contributed by atoms with E-state index in [-0.39, 0.29) is 6.61 Å². The van der Waals surface area contributed by atoms with Gasteiger partial charge in [0.25, 0.3) is 0 Å². The van der Waals surface area contributed by atoms with Crippen LogP contribution in [0.5, 0.6) is 0 Å². The summed E-state index contributed by atoms with van der Waals surface area (Å²) >= 11 is 0. The van der Waals surface area contributed by atoms with E-state index in [2.05, 4.69) is 21.8 Å². The van der Waals surface area contributed by atoms with Crippen LogP contribution >= 0.6 is 0 Å². The van der Waals surface area contributed by atoms with Crippen LogP contribution in [0.4, 0.5) is 5.82 Å². The summed E-state index contributed by atoms with van der Waals surface area (Å²) in [6, 6.07) is 1.68. The van der Waals surface area contributed by atoms with Gasteiger partial charge in [-0.15, -0.1) is 0 Å². The van der Waals surface area contributed by atoms with E-state index in [9.17, 15) is 0 Å². The molecule has 0 radical (unpaired) electrons. The summed E-state index contributed by atoms with van der Waals surface area (Å²) in [5, 5.41) is 9.02. The van der Waals surface area contributed by atoms with E-state index in [1.807, 2.05) is 0 Å². The first-order valence-electron chi connectivity index (χ1n) is 6.17. The molecule has 0 spiro atoms. The van der Waals surface area contributed by atoms with Crippen LogP contribution in [0, 0.1) is 0 Å². The molecule has 1 heterocycles. The molecule has 5 heteroatoms. The Morgan fingerprint density at radius 2 is 2.18 bits per heavy atom. The van der Waals surface area contributed by atoms with Gasteiger partial charge in [0.05, 0.1) is 13.2 Å². The lowest BCUT2D eigenvalue weighted by atomic mass is 10.2. The molecule has 0 fully saturated rings. The number of aromatic nitrogens is 2. The van der Waals surface area contributed by atoms with E-state index in [4.69, 9.17) is 10.8 Å². The molecule has 0 aromatic carbocycles. The zero-order valence-electron chi connectivity index (χ0n) is 10.5. The minimum atomic E-state index is 0.161. The van der Waals surface area contributed by atoms with Crippen molar-refractivity contribution in [3.63, 3.8) is 0 Å². The first kappa shape index (κ1) is 13.9. The number of aliphatic hydroxyl groups excluding tert-OH is 1. The highest BCUT2D eigenvalue weighted by atomic mass is 16.3. The van der Waals surface area contributed by atoms with Crippen molar-refractivity contribution in [3.8, 4) is 0 Å². The van der Waals surface area contributed by atoms with Gasteiger partial charge in [0, 0.05) is 12.7 Å². The second-order valence-corrected chi connectivity index (χ2v) is 4.10. The van der Waals surface area contributed by atoms with Crippen LogP contribution < -0.4 is 5.73 Å². The molecule has 0 saturated carbocycles. The van der Waals surface area contributed by atoms with E-state index >= 15 is 0 Å². The molecule has 1 aromatic heterocycles. The molecule has 3 N–H and O–H groups in total. The van der Waals surface area contributed by atoms with Crippen LogP contribution in [0.1, 0.15) is 32.0 Å². The Morgan fingerprint density at radius 1 is 1.35 bits per heavy atom. The highest BCUT2D eigenvalue weighted by molar-refractivity contribution is 5.24. The van der Waals surface area contributed by atoms with Crippen molar-refractivity contribution >= 4 is 5.82 Å². The maximum Gasteiger partial charge on any atom is 0.144 e. The molecule has 96 valence electrons. The van der Waals surface area contributed by atoms with Gasteiger partial charge in [-0.2, -0.15) is 0 Å². The first-order chi connectivity index (χ1) is 8.26. The van der Waals surface area contributed by atoms with Crippen LogP contribution in [-0.2, 0) is 6.54 Å². The summed E-state index contributed by atoms with van der Waals surface area (Å²) in [6.07, 6.45) is 5.21. The molecular weight excluding hydrogens is 216 g/mol. The fourth-order valence-electron chi connectivity index (χ4n) is 1.69. The monoisotopic (exact) mass is 238 g/mol. The third kappa shape index (κ3) is 5.60. The van der Waals surface area contributed by atoms with Gasteiger partial charge in [0.15, 0.2) is 0 Å². The summed E-state index contributed by atoms with van der Waals surface area (Å²) in [5.41, 5.74) is 5.61. The van der Waals surface area contributed by atoms with Crippen LogP contribution in [0.2, 0.25) is 0 Å². The summed E-state index contributed by atoms with van der Waals surface area (Å²) < 4.78 is 0. The Kier molecular flexibility index (Phi) is 6.50. The van der Waals surface area contributed by atoms with Crippen LogP contribution in [-0.4, -0.2) is 39.7 Å². The summed E-state index contributed by atoms with van der Waals surface area (Å²) in [6.45, 7) is 4.61. The van der Waals surface area contributed by atoms with Gasteiger partial charge in [-0.05, 0) is 19.0 Å². The molecule has 0 saturated heterocycles.